The van der Waals surface area contributed by atoms with E-state index in [-0.39, 0.29) is 16.0 Å². The van der Waals surface area contributed by atoms with Crippen LogP contribution in [0, 0.1) is 5.82 Å². The van der Waals surface area contributed by atoms with Crippen LogP contribution in [0.4, 0.5) is 4.39 Å². The Bertz CT molecular complexity index is 718. The van der Waals surface area contributed by atoms with Crippen LogP contribution in [0.25, 0.3) is 6.08 Å². The second-order valence-corrected chi connectivity index (χ2v) is 4.88. The summed E-state index contributed by atoms with van der Waals surface area (Å²) in [5.41, 5.74) is 0.749. The van der Waals surface area contributed by atoms with Crippen LogP contribution in [0.3, 0.4) is 0 Å². The molecule has 0 unspecified atom stereocenters. The highest BCUT2D eigenvalue weighted by molar-refractivity contribution is 9.10. The number of ketones is 1. The maximum atomic E-state index is 13.1. The summed E-state index contributed by atoms with van der Waals surface area (Å²) in [6, 6.07) is 5.50. The van der Waals surface area contributed by atoms with E-state index in [9.17, 15) is 14.0 Å². The first-order valence-corrected chi connectivity index (χ1v) is 6.65. The van der Waals surface area contributed by atoms with Gasteiger partial charge >= 0.3 is 5.97 Å². The fourth-order valence-electron chi connectivity index (χ4n) is 1.62. The number of furan rings is 1. The zero-order chi connectivity index (χ0) is 15.4. The highest BCUT2D eigenvalue weighted by Crippen LogP contribution is 2.18. The highest BCUT2D eigenvalue weighted by Gasteiger charge is 2.14. The third-order valence-electron chi connectivity index (χ3n) is 2.68. The van der Waals surface area contributed by atoms with Crippen molar-refractivity contribution in [2.24, 2.45) is 0 Å². The molecule has 0 bridgehead atoms. The molecule has 0 aliphatic heterocycles. The molecule has 1 aromatic heterocycles. The van der Waals surface area contributed by atoms with Gasteiger partial charge in [0.2, 0.25) is 5.76 Å². The van der Waals surface area contributed by atoms with Gasteiger partial charge in [-0.05, 0) is 52.3 Å². The van der Waals surface area contributed by atoms with E-state index in [4.69, 9.17) is 4.42 Å². The van der Waals surface area contributed by atoms with E-state index in [1.54, 1.807) is 0 Å². The average molecular weight is 353 g/mol. The van der Waals surface area contributed by atoms with E-state index in [1.165, 1.54) is 49.8 Å². The second-order valence-electron chi connectivity index (χ2n) is 4.02. The summed E-state index contributed by atoms with van der Waals surface area (Å²) in [7, 11) is 1.24. The van der Waals surface area contributed by atoms with E-state index in [1.807, 2.05) is 0 Å². The molecule has 2 rings (SSSR count). The minimum absolute atomic E-state index is 0.0156. The van der Waals surface area contributed by atoms with Crippen LogP contribution < -0.4 is 0 Å². The number of hydrogen-bond donors (Lipinski definition) is 0. The number of esters is 1. The molecule has 21 heavy (non-hydrogen) atoms. The molecule has 0 aliphatic carbocycles. The Morgan fingerprint density at radius 2 is 2.10 bits per heavy atom. The lowest BCUT2D eigenvalue weighted by atomic mass is 10.1. The summed E-state index contributed by atoms with van der Waals surface area (Å²) in [6.45, 7) is 0. The predicted molar refractivity (Wildman–Crippen MR) is 77.5 cm³/mol. The molecule has 0 saturated carbocycles. The maximum Gasteiger partial charge on any atom is 0.374 e. The van der Waals surface area contributed by atoms with Gasteiger partial charge in [0.1, 0.15) is 5.82 Å². The van der Waals surface area contributed by atoms with Crippen molar-refractivity contribution < 1.29 is 23.1 Å². The van der Waals surface area contributed by atoms with E-state index in [2.05, 4.69) is 20.7 Å². The fourth-order valence-corrected chi connectivity index (χ4v) is 2.00. The normalized spacial score (nSPS) is 10.8. The Balaban J connectivity index is 2.21. The van der Waals surface area contributed by atoms with Gasteiger partial charge in [-0.3, -0.25) is 4.79 Å². The molecule has 0 spiro atoms. The maximum absolute atomic E-state index is 13.1. The molecule has 0 amide bonds. The van der Waals surface area contributed by atoms with Gasteiger partial charge in [-0.15, -0.1) is 0 Å². The number of carbonyl (C=O) groups excluding carboxylic acids is 2. The first-order chi connectivity index (χ1) is 10.0. The number of halogens is 2. The quantitative estimate of drug-likeness (QED) is 0.476. The summed E-state index contributed by atoms with van der Waals surface area (Å²) >= 11 is 3.02. The molecule has 0 aliphatic rings. The molecule has 0 fully saturated rings. The van der Waals surface area contributed by atoms with Gasteiger partial charge in [0, 0.05) is 11.1 Å². The molecule has 0 radical (unpaired) electrons. The lowest BCUT2D eigenvalue weighted by molar-refractivity contribution is 0.0564. The van der Waals surface area contributed by atoms with Gasteiger partial charge in [-0.1, -0.05) is 0 Å². The highest BCUT2D eigenvalue weighted by atomic mass is 79.9. The van der Waals surface area contributed by atoms with Gasteiger partial charge in [0.25, 0.3) is 0 Å². The Labute approximate surface area is 128 Å². The van der Waals surface area contributed by atoms with Crippen LogP contribution in [0.5, 0.6) is 0 Å². The van der Waals surface area contributed by atoms with Crippen LogP contribution in [0.1, 0.15) is 26.5 Å². The minimum atomic E-state index is -0.628. The van der Waals surface area contributed by atoms with Crippen LogP contribution >= 0.6 is 15.9 Å². The third-order valence-corrected chi connectivity index (χ3v) is 3.29. The van der Waals surface area contributed by atoms with Crippen molar-refractivity contribution in [3.05, 3.63) is 63.8 Å². The van der Waals surface area contributed by atoms with Crippen molar-refractivity contribution in [2.75, 3.05) is 7.11 Å². The Morgan fingerprint density at radius 3 is 2.76 bits per heavy atom. The molecular formula is C15H10BrFO4. The molecular weight excluding hydrogens is 343 g/mol. The number of ether oxygens (including phenoxy) is 1. The van der Waals surface area contributed by atoms with Gasteiger partial charge in [-0.25, -0.2) is 9.18 Å². The number of hydrogen-bond acceptors (Lipinski definition) is 4. The number of allylic oxidation sites excluding steroid dienone is 1. The Hall–Kier alpha value is -2.21. The first kappa shape index (κ1) is 15.2. The molecule has 2 aromatic rings. The van der Waals surface area contributed by atoms with Crippen molar-refractivity contribution in [1.82, 2.24) is 0 Å². The van der Waals surface area contributed by atoms with Crippen molar-refractivity contribution in [3.63, 3.8) is 0 Å². The SMILES string of the molecule is COC(=O)c1occc1C=CC(=O)c1ccc(F)c(Br)c1. The first-order valence-electron chi connectivity index (χ1n) is 5.86. The van der Waals surface area contributed by atoms with Crippen molar-refractivity contribution >= 4 is 33.8 Å². The third kappa shape index (κ3) is 3.46. The number of benzene rings is 1. The number of rotatable bonds is 4. The molecule has 4 nitrogen and oxygen atoms in total. The lowest BCUT2D eigenvalue weighted by Gasteiger charge is -1.99. The smallest absolute Gasteiger partial charge is 0.374 e. The van der Waals surface area contributed by atoms with E-state index in [0.29, 0.717) is 11.1 Å². The monoisotopic (exact) mass is 352 g/mol. The van der Waals surface area contributed by atoms with E-state index in [0.717, 1.165) is 0 Å². The standard InChI is InChI=1S/C15H10BrFO4/c1-20-15(19)14-9(6-7-21-14)3-5-13(18)10-2-4-12(17)11(16)8-10/h2-8H,1H3. The molecule has 0 atom stereocenters. The van der Waals surface area contributed by atoms with Crippen LogP contribution in [0.2, 0.25) is 0 Å². The molecule has 6 heteroatoms. The van der Waals surface area contributed by atoms with Crippen molar-refractivity contribution in [2.45, 2.75) is 0 Å². The van der Waals surface area contributed by atoms with Gasteiger partial charge in [0.05, 0.1) is 17.8 Å². The fraction of sp³-hybridized carbons (Fsp3) is 0.0667. The summed E-state index contributed by atoms with van der Waals surface area (Å²) in [5.74, 6) is -1.38. The van der Waals surface area contributed by atoms with Crippen molar-refractivity contribution in [3.8, 4) is 0 Å². The largest absolute Gasteiger partial charge is 0.463 e. The Morgan fingerprint density at radius 1 is 1.33 bits per heavy atom. The minimum Gasteiger partial charge on any atom is -0.463 e. The molecule has 1 aromatic carbocycles. The average Bonchev–Trinajstić information content (AvgIpc) is 2.95. The lowest BCUT2D eigenvalue weighted by Crippen LogP contribution is -2.01. The van der Waals surface area contributed by atoms with E-state index >= 15 is 0 Å². The van der Waals surface area contributed by atoms with Crippen LogP contribution in [-0.4, -0.2) is 18.9 Å². The molecule has 0 N–H and O–H groups in total. The van der Waals surface area contributed by atoms with E-state index < -0.39 is 11.8 Å². The molecule has 108 valence electrons. The van der Waals surface area contributed by atoms with Gasteiger partial charge in [-0.2, -0.15) is 0 Å². The summed E-state index contributed by atoms with van der Waals surface area (Å²) in [4.78, 5) is 23.4. The van der Waals surface area contributed by atoms with Crippen molar-refractivity contribution in [1.29, 1.82) is 0 Å². The zero-order valence-electron chi connectivity index (χ0n) is 10.9. The van der Waals surface area contributed by atoms with Crippen LogP contribution in [-0.2, 0) is 4.74 Å². The topological polar surface area (TPSA) is 56.5 Å². The molecule has 0 saturated heterocycles. The predicted octanol–water partition coefficient (Wildman–Crippen LogP) is 3.86. The summed E-state index contributed by atoms with van der Waals surface area (Å²) in [6.07, 6.45) is 4.04. The zero-order valence-corrected chi connectivity index (χ0v) is 12.5. The second kappa shape index (κ2) is 6.49. The number of methoxy groups -OCH3 is 1. The summed E-state index contributed by atoms with van der Waals surface area (Å²) in [5, 5.41) is 0. The molecule has 1 heterocycles. The Kier molecular flexibility index (Phi) is 4.70. The van der Waals surface area contributed by atoms with Gasteiger partial charge in [0.15, 0.2) is 5.78 Å². The van der Waals surface area contributed by atoms with Crippen LogP contribution in [0.15, 0.2) is 45.5 Å². The van der Waals surface area contributed by atoms with Gasteiger partial charge < -0.3 is 9.15 Å². The summed E-state index contributed by atoms with van der Waals surface area (Å²) < 4.78 is 22.9. The number of carbonyl (C=O) groups is 2.